The van der Waals surface area contributed by atoms with Gasteiger partial charge in [-0.2, -0.15) is 0 Å². The molecule has 0 aliphatic carbocycles. The van der Waals surface area contributed by atoms with Crippen molar-refractivity contribution >= 4 is 34.7 Å². The van der Waals surface area contributed by atoms with Crippen molar-refractivity contribution < 1.29 is 19.4 Å². The zero-order valence-corrected chi connectivity index (χ0v) is 23.5. The summed E-state index contributed by atoms with van der Waals surface area (Å²) in [4.78, 5) is 28.4. The largest absolute Gasteiger partial charge is 0.507 e. The molecule has 1 amide bonds. The minimum atomic E-state index is -0.821. The third-order valence-corrected chi connectivity index (χ3v) is 6.91. The second kappa shape index (κ2) is 10.7. The molecule has 1 aliphatic heterocycles. The van der Waals surface area contributed by atoms with Crippen LogP contribution in [0.1, 0.15) is 62.9 Å². The standard InChI is InChI=1S/C32H34ClNO4/c1-19(2)18-38-25-15-10-22(11-16-25)29(35)27-28(21-8-12-23(13-9-21)32(4,5)6)34(31(37)30(27)36)26-17-24(33)14-7-20(26)3/h7-17,19,28,35H,18H2,1-6H3/b29-27+. The summed E-state index contributed by atoms with van der Waals surface area (Å²) in [5.74, 6) is -0.644. The van der Waals surface area contributed by atoms with E-state index in [-0.39, 0.29) is 16.7 Å². The number of anilines is 1. The van der Waals surface area contributed by atoms with Gasteiger partial charge in [0.05, 0.1) is 18.2 Å². The Bertz CT molecular complexity index is 1380. The number of aliphatic hydroxyl groups excluding tert-OH is 1. The number of aryl methyl sites for hydroxylation is 1. The van der Waals surface area contributed by atoms with E-state index in [1.54, 1.807) is 36.4 Å². The number of ether oxygens (including phenoxy) is 1. The van der Waals surface area contributed by atoms with Gasteiger partial charge in [-0.1, -0.05) is 76.6 Å². The fourth-order valence-electron chi connectivity index (χ4n) is 4.53. The van der Waals surface area contributed by atoms with E-state index in [0.717, 1.165) is 16.7 Å². The molecule has 198 valence electrons. The number of Topliss-reactive ketones (excluding diaryl/α,β-unsaturated/α-hetero) is 1. The summed E-state index contributed by atoms with van der Waals surface area (Å²) in [6.45, 7) is 12.9. The second-order valence-electron chi connectivity index (χ2n) is 11.2. The lowest BCUT2D eigenvalue weighted by Gasteiger charge is -2.28. The van der Waals surface area contributed by atoms with E-state index in [2.05, 4.69) is 34.6 Å². The molecule has 0 bridgehead atoms. The quantitative estimate of drug-likeness (QED) is 0.202. The number of aliphatic hydroxyl groups is 1. The lowest BCUT2D eigenvalue weighted by molar-refractivity contribution is -0.132. The third-order valence-electron chi connectivity index (χ3n) is 6.68. The summed E-state index contributed by atoms with van der Waals surface area (Å²) in [6, 6.07) is 19.1. The SMILES string of the molecule is Cc1ccc(Cl)cc1N1C(=O)C(=O)/C(=C(/O)c2ccc(OCC(C)C)cc2)C1c1ccc(C(C)(C)C)cc1. The number of amides is 1. The maximum atomic E-state index is 13.5. The van der Waals surface area contributed by atoms with Gasteiger partial charge in [-0.05, 0) is 71.3 Å². The topological polar surface area (TPSA) is 66.8 Å². The second-order valence-corrected chi connectivity index (χ2v) is 11.6. The summed E-state index contributed by atoms with van der Waals surface area (Å²) < 4.78 is 5.75. The molecule has 1 unspecified atom stereocenters. The zero-order chi connectivity index (χ0) is 27.8. The van der Waals surface area contributed by atoms with Gasteiger partial charge in [0.25, 0.3) is 11.7 Å². The first-order chi connectivity index (χ1) is 17.9. The highest BCUT2D eigenvalue weighted by atomic mass is 35.5. The number of ketones is 1. The lowest BCUT2D eigenvalue weighted by atomic mass is 9.85. The average molecular weight is 532 g/mol. The Morgan fingerprint density at radius 2 is 1.63 bits per heavy atom. The highest BCUT2D eigenvalue weighted by molar-refractivity contribution is 6.52. The van der Waals surface area contributed by atoms with E-state index >= 15 is 0 Å². The molecule has 1 heterocycles. The van der Waals surface area contributed by atoms with Gasteiger partial charge < -0.3 is 9.84 Å². The van der Waals surface area contributed by atoms with Crippen molar-refractivity contribution in [3.63, 3.8) is 0 Å². The lowest BCUT2D eigenvalue weighted by Crippen LogP contribution is -2.30. The van der Waals surface area contributed by atoms with E-state index in [1.165, 1.54) is 4.90 Å². The van der Waals surface area contributed by atoms with Gasteiger partial charge in [-0.3, -0.25) is 14.5 Å². The molecule has 3 aromatic rings. The van der Waals surface area contributed by atoms with Crippen molar-refractivity contribution in [2.75, 3.05) is 11.5 Å². The summed E-state index contributed by atoms with van der Waals surface area (Å²) in [7, 11) is 0. The molecule has 1 fully saturated rings. The molecule has 38 heavy (non-hydrogen) atoms. The van der Waals surface area contributed by atoms with Crippen LogP contribution in [0.25, 0.3) is 5.76 Å². The first-order valence-electron chi connectivity index (χ1n) is 12.8. The Morgan fingerprint density at radius 3 is 2.21 bits per heavy atom. The van der Waals surface area contributed by atoms with Crippen LogP contribution in [0.4, 0.5) is 5.69 Å². The third kappa shape index (κ3) is 5.48. The van der Waals surface area contributed by atoms with Gasteiger partial charge in [0, 0.05) is 16.3 Å². The molecular weight excluding hydrogens is 498 g/mol. The van der Waals surface area contributed by atoms with Crippen LogP contribution in [0.2, 0.25) is 5.02 Å². The van der Waals surface area contributed by atoms with Crippen LogP contribution < -0.4 is 9.64 Å². The molecule has 6 heteroatoms. The Morgan fingerprint density at radius 1 is 1.00 bits per heavy atom. The minimum Gasteiger partial charge on any atom is -0.507 e. The van der Waals surface area contributed by atoms with Crippen LogP contribution in [0.5, 0.6) is 5.75 Å². The molecular formula is C32H34ClNO4. The number of nitrogens with zero attached hydrogens (tertiary/aromatic N) is 1. The molecule has 0 radical (unpaired) electrons. The molecule has 3 aromatic carbocycles. The summed E-state index contributed by atoms with van der Waals surface area (Å²) in [5, 5.41) is 11.9. The number of benzene rings is 3. The summed E-state index contributed by atoms with van der Waals surface area (Å²) >= 11 is 6.30. The van der Waals surface area contributed by atoms with Crippen LogP contribution in [0.15, 0.2) is 72.3 Å². The molecule has 1 aliphatic rings. The maximum Gasteiger partial charge on any atom is 0.300 e. The van der Waals surface area contributed by atoms with Gasteiger partial charge >= 0.3 is 0 Å². The minimum absolute atomic E-state index is 0.0359. The molecule has 1 saturated heterocycles. The van der Waals surface area contributed by atoms with E-state index in [1.807, 2.05) is 37.3 Å². The van der Waals surface area contributed by atoms with Crippen LogP contribution in [0, 0.1) is 12.8 Å². The smallest absolute Gasteiger partial charge is 0.300 e. The number of rotatable bonds is 6. The van der Waals surface area contributed by atoms with E-state index < -0.39 is 17.7 Å². The van der Waals surface area contributed by atoms with Gasteiger partial charge in [0.15, 0.2) is 0 Å². The van der Waals surface area contributed by atoms with Crippen LogP contribution in [0.3, 0.4) is 0 Å². The summed E-state index contributed by atoms with van der Waals surface area (Å²) in [6.07, 6.45) is 0. The first-order valence-corrected chi connectivity index (χ1v) is 13.2. The van der Waals surface area contributed by atoms with E-state index in [9.17, 15) is 14.7 Å². The number of halogens is 1. The monoisotopic (exact) mass is 531 g/mol. The Hall–Kier alpha value is -3.57. The highest BCUT2D eigenvalue weighted by Crippen LogP contribution is 2.44. The summed E-state index contributed by atoms with van der Waals surface area (Å²) in [5.41, 5.74) is 3.56. The Balaban J connectivity index is 1.86. The van der Waals surface area contributed by atoms with Crippen LogP contribution in [-0.2, 0) is 15.0 Å². The first kappa shape index (κ1) is 27.5. The van der Waals surface area contributed by atoms with E-state index in [4.69, 9.17) is 16.3 Å². The predicted molar refractivity (Wildman–Crippen MR) is 153 cm³/mol. The highest BCUT2D eigenvalue weighted by Gasteiger charge is 2.47. The van der Waals surface area contributed by atoms with Gasteiger partial charge in [0.2, 0.25) is 0 Å². The number of carbonyl (C=O) groups excluding carboxylic acids is 2. The number of carbonyl (C=O) groups is 2. The van der Waals surface area contributed by atoms with Crippen molar-refractivity contribution in [2.45, 2.75) is 53.0 Å². The number of hydrogen-bond donors (Lipinski definition) is 1. The van der Waals surface area contributed by atoms with Crippen molar-refractivity contribution in [1.29, 1.82) is 0 Å². The predicted octanol–water partition coefficient (Wildman–Crippen LogP) is 7.61. The molecule has 5 nitrogen and oxygen atoms in total. The van der Waals surface area contributed by atoms with Crippen molar-refractivity contribution in [3.8, 4) is 5.75 Å². The van der Waals surface area contributed by atoms with Crippen molar-refractivity contribution in [1.82, 2.24) is 0 Å². The molecule has 1 N–H and O–H groups in total. The molecule has 1 atom stereocenters. The van der Waals surface area contributed by atoms with Crippen LogP contribution in [-0.4, -0.2) is 23.4 Å². The molecule has 0 saturated carbocycles. The molecule has 4 rings (SSSR count). The Kier molecular flexibility index (Phi) is 7.70. The van der Waals surface area contributed by atoms with Gasteiger partial charge in [-0.15, -0.1) is 0 Å². The zero-order valence-electron chi connectivity index (χ0n) is 22.7. The van der Waals surface area contributed by atoms with Crippen LogP contribution >= 0.6 is 11.6 Å². The Labute approximate surface area is 229 Å². The molecule has 0 spiro atoms. The van der Waals surface area contributed by atoms with Gasteiger partial charge in [-0.25, -0.2) is 0 Å². The fraction of sp³-hybridized carbons (Fsp3) is 0.312. The molecule has 0 aromatic heterocycles. The fourth-order valence-corrected chi connectivity index (χ4v) is 4.70. The maximum absolute atomic E-state index is 13.5. The van der Waals surface area contributed by atoms with Crippen molar-refractivity contribution in [3.05, 3.63) is 99.6 Å². The normalized spacial score (nSPS) is 17.4. The van der Waals surface area contributed by atoms with Gasteiger partial charge in [0.1, 0.15) is 11.5 Å². The van der Waals surface area contributed by atoms with Crippen molar-refractivity contribution in [2.24, 2.45) is 5.92 Å². The average Bonchev–Trinajstić information content (AvgIpc) is 3.13. The number of hydrogen-bond acceptors (Lipinski definition) is 4. The van der Waals surface area contributed by atoms with E-state index in [0.29, 0.717) is 34.5 Å².